The van der Waals surface area contributed by atoms with Gasteiger partial charge in [0.2, 0.25) is 0 Å². The highest BCUT2D eigenvalue weighted by Crippen LogP contribution is 2.49. The summed E-state index contributed by atoms with van der Waals surface area (Å²) in [4.78, 5) is 0. The fraction of sp³-hybridized carbons (Fsp3) is 0.793. The summed E-state index contributed by atoms with van der Waals surface area (Å²) in [6.07, 6.45) is 1.15. The van der Waals surface area contributed by atoms with Crippen molar-refractivity contribution in [3.63, 3.8) is 0 Å². The molecule has 6 unspecified atom stereocenters. The van der Waals surface area contributed by atoms with Crippen molar-refractivity contribution in [1.29, 1.82) is 0 Å². The molecule has 0 spiro atoms. The Balaban J connectivity index is 1.51. The largest absolute Gasteiger partial charge is 0.478 e. The maximum Gasteiger partial charge on any atom is 0.478 e. The van der Waals surface area contributed by atoms with E-state index in [-0.39, 0.29) is 0 Å². The third-order valence-corrected chi connectivity index (χ3v) is 46.7. The van der Waals surface area contributed by atoms with Gasteiger partial charge in [0.1, 0.15) is 16.2 Å². The maximum atomic E-state index is 7.34. The monoisotopic (exact) mass is 886 g/mol. The molecule has 4 saturated heterocycles. The molecule has 298 valence electrons. The Kier molecular flexibility index (Phi) is 14.7. The Morgan fingerprint density at radius 3 is 1.52 bits per heavy atom. The van der Waals surface area contributed by atoms with E-state index in [2.05, 4.69) is 32.9 Å². The molecule has 1 aromatic rings. The van der Waals surface area contributed by atoms with Gasteiger partial charge in [-0.2, -0.15) is 0 Å². The van der Waals surface area contributed by atoms with Gasteiger partial charge in [-0.05, 0) is 49.4 Å². The highest BCUT2D eigenvalue weighted by Gasteiger charge is 2.77. The predicted octanol–water partition coefficient (Wildman–Crippen LogP) is 5.80. The molecule has 4 aliphatic heterocycles. The number of hydrogen-bond donors (Lipinski definition) is 0. The number of rotatable bonds is 17. The summed E-state index contributed by atoms with van der Waals surface area (Å²) in [5.41, 5.74) is 1.29. The third-order valence-electron chi connectivity index (χ3n) is 10.0. The molecule has 6 bridgehead atoms. The summed E-state index contributed by atoms with van der Waals surface area (Å²) in [5.74, 6) is 1.26. The number of benzene rings is 1. The molecule has 4 heterocycles. The van der Waals surface area contributed by atoms with Crippen LogP contribution in [0, 0.1) is 0 Å². The fourth-order valence-electron chi connectivity index (χ4n) is 6.64. The zero-order valence-corrected chi connectivity index (χ0v) is 43.2. The molecule has 4 aliphatic rings. The standard InChI is InChI=1S/C29H62O14Si9/c1-11-26(9)28-20-22-29(23-21-28)31-27(10)30-24-19-25-52-39-47(14-4)33-45(12-2)34-48(15-5,40-52)38-50(17-7)36-46(13-3,32-44)35-49(16-6,37-47)41-51(18-8,42-50)43-52/h20-23,26-27,45H,11-19,24-25H2,1-10,44H3. The van der Waals surface area contributed by atoms with E-state index >= 15 is 0 Å². The first-order valence-corrected chi connectivity index (χ1v) is 35.4. The Bertz CT molecular complexity index is 1270. The van der Waals surface area contributed by atoms with Gasteiger partial charge in [0.25, 0.3) is 0 Å². The van der Waals surface area contributed by atoms with Crippen molar-refractivity contribution in [1.82, 2.24) is 0 Å². The van der Waals surface area contributed by atoms with Crippen LogP contribution in [0.1, 0.15) is 93.6 Å². The normalized spacial score (nSPS) is 40.2. The first kappa shape index (κ1) is 43.6. The van der Waals surface area contributed by atoms with Gasteiger partial charge >= 0.3 is 70.9 Å². The highest BCUT2D eigenvalue weighted by atomic mass is 28.6. The average Bonchev–Trinajstić information content (AvgIpc) is 3.13. The predicted molar refractivity (Wildman–Crippen MR) is 214 cm³/mol. The van der Waals surface area contributed by atoms with E-state index in [0.29, 0.717) is 77.8 Å². The van der Waals surface area contributed by atoms with Crippen molar-refractivity contribution >= 4 is 81.4 Å². The van der Waals surface area contributed by atoms with Crippen LogP contribution in [-0.2, 0) is 54.1 Å². The summed E-state index contributed by atoms with van der Waals surface area (Å²) in [6, 6.07) is 11.9. The summed E-state index contributed by atoms with van der Waals surface area (Å²) in [5, 5.41) is 0. The van der Waals surface area contributed by atoms with Gasteiger partial charge in [-0.15, -0.1) is 0 Å². The lowest BCUT2D eigenvalue weighted by Gasteiger charge is -2.59. The van der Waals surface area contributed by atoms with Crippen LogP contribution in [0.2, 0.25) is 48.4 Å². The molecule has 0 radical (unpaired) electrons. The van der Waals surface area contributed by atoms with Crippen LogP contribution in [0.25, 0.3) is 0 Å². The SMILES string of the molecule is CCC(C)c1ccc(OC(C)OCCC[Si]23O[Si]4(CC)O[SiH](CC)O[Si](CC)(O[Si]5(CC)O[Si](CC)(O[SiH3])O[Si](CC)(O4)O[Si](CC)(O5)O2)O3)cc1. The lowest BCUT2D eigenvalue weighted by atomic mass is 9.99. The highest BCUT2D eigenvalue weighted by molar-refractivity contribution is 7.00. The second-order valence-corrected chi connectivity index (χ2v) is 40.5. The van der Waals surface area contributed by atoms with Crippen molar-refractivity contribution in [2.45, 2.75) is 143 Å². The molecular formula is C29H62O14Si9. The molecule has 5 rings (SSSR count). The molecule has 0 amide bonds. The van der Waals surface area contributed by atoms with E-state index in [1.807, 2.05) is 60.6 Å². The Morgan fingerprint density at radius 1 is 0.615 bits per heavy atom. The van der Waals surface area contributed by atoms with Crippen molar-refractivity contribution in [3.8, 4) is 5.75 Å². The van der Waals surface area contributed by atoms with Gasteiger partial charge in [-0.3, -0.25) is 0 Å². The van der Waals surface area contributed by atoms with E-state index in [0.717, 1.165) is 12.2 Å². The fourth-order valence-corrected chi connectivity index (χ4v) is 54.6. The molecule has 0 aromatic heterocycles. The minimum absolute atomic E-state index is 0.367. The molecule has 14 nitrogen and oxygen atoms in total. The van der Waals surface area contributed by atoms with E-state index in [1.165, 1.54) is 5.56 Å². The second-order valence-electron chi connectivity index (χ2n) is 13.6. The number of fused-ring (bicyclic) bond motifs is 4. The topological polar surface area (TPSA) is 129 Å². The molecule has 23 heteroatoms. The van der Waals surface area contributed by atoms with Crippen molar-refractivity contribution in [2.24, 2.45) is 0 Å². The van der Waals surface area contributed by atoms with Gasteiger partial charge in [0, 0.05) is 42.3 Å². The van der Waals surface area contributed by atoms with Crippen LogP contribution in [0.5, 0.6) is 5.75 Å². The third kappa shape index (κ3) is 9.26. The van der Waals surface area contributed by atoms with Gasteiger partial charge in [0.05, 0.1) is 6.61 Å². The molecule has 0 N–H and O–H groups in total. The van der Waals surface area contributed by atoms with Crippen molar-refractivity contribution in [2.75, 3.05) is 6.61 Å². The molecule has 1 aromatic carbocycles. The summed E-state index contributed by atoms with van der Waals surface area (Å²) in [6.45, 7) is 20.8. The van der Waals surface area contributed by atoms with E-state index in [1.54, 1.807) is 0 Å². The van der Waals surface area contributed by atoms with E-state index in [4.69, 9.17) is 58.9 Å². The zero-order chi connectivity index (χ0) is 37.9. The second kappa shape index (κ2) is 17.5. The van der Waals surface area contributed by atoms with Crippen molar-refractivity contribution in [3.05, 3.63) is 29.8 Å². The van der Waals surface area contributed by atoms with Gasteiger partial charge in [-0.1, -0.05) is 74.4 Å². The summed E-state index contributed by atoms with van der Waals surface area (Å²) < 4.78 is 98.0. The Morgan fingerprint density at radius 2 is 1.08 bits per heavy atom. The van der Waals surface area contributed by atoms with Gasteiger partial charge in [-0.25, -0.2) is 0 Å². The van der Waals surface area contributed by atoms with Crippen molar-refractivity contribution < 1.29 is 58.9 Å². The van der Waals surface area contributed by atoms with E-state index in [9.17, 15) is 0 Å². The van der Waals surface area contributed by atoms with E-state index < -0.39 is 77.2 Å². The smallest absolute Gasteiger partial charge is 0.465 e. The molecule has 0 saturated carbocycles. The molecule has 6 atom stereocenters. The summed E-state index contributed by atoms with van der Waals surface area (Å²) in [7, 11) is -27.8. The van der Waals surface area contributed by atoms with Crippen LogP contribution >= 0.6 is 0 Å². The van der Waals surface area contributed by atoms with Crippen LogP contribution < -0.4 is 4.74 Å². The maximum absolute atomic E-state index is 7.34. The van der Waals surface area contributed by atoms with Gasteiger partial charge in [0.15, 0.2) is 6.29 Å². The van der Waals surface area contributed by atoms with Gasteiger partial charge < -0.3 is 58.9 Å². The zero-order valence-electron chi connectivity index (χ0n) is 33.0. The minimum Gasteiger partial charge on any atom is -0.465 e. The van der Waals surface area contributed by atoms with Crippen LogP contribution in [0.4, 0.5) is 0 Å². The first-order valence-electron chi connectivity index (χ1n) is 19.3. The Labute approximate surface area is 323 Å². The number of ether oxygens (including phenoxy) is 2. The molecule has 4 fully saturated rings. The molecule has 52 heavy (non-hydrogen) atoms. The average molecular weight is 888 g/mol. The minimum atomic E-state index is -3.82. The number of hydrogen-bond acceptors (Lipinski definition) is 14. The van der Waals surface area contributed by atoms with Crippen LogP contribution in [0.3, 0.4) is 0 Å². The lowest BCUT2D eigenvalue weighted by Crippen LogP contribution is -2.84. The summed E-state index contributed by atoms with van der Waals surface area (Å²) >= 11 is 0. The quantitative estimate of drug-likeness (QED) is 0.106. The lowest BCUT2D eigenvalue weighted by molar-refractivity contribution is -0.0674. The first-order chi connectivity index (χ1) is 24.7. The molecular weight excluding hydrogens is 825 g/mol. The van der Waals surface area contributed by atoms with Crippen LogP contribution in [-0.4, -0.2) is 94.3 Å². The molecule has 0 aliphatic carbocycles. The van der Waals surface area contributed by atoms with Crippen LogP contribution in [0.15, 0.2) is 24.3 Å². The Hall–Kier alpha value is 0.452.